The van der Waals surface area contributed by atoms with Gasteiger partial charge >= 0.3 is 0 Å². The van der Waals surface area contributed by atoms with Crippen LogP contribution in [0.1, 0.15) is 43.6 Å². The summed E-state index contributed by atoms with van der Waals surface area (Å²) in [6.45, 7) is 5.85. The molecule has 1 fully saturated rings. The maximum Gasteiger partial charge on any atom is 0.272 e. The molecule has 2 heterocycles. The Kier molecular flexibility index (Phi) is 6.15. The van der Waals surface area contributed by atoms with E-state index in [0.29, 0.717) is 18.1 Å². The Morgan fingerprint density at radius 1 is 1.29 bits per heavy atom. The molecule has 0 bridgehead atoms. The Hall–Kier alpha value is -1.70. The summed E-state index contributed by atoms with van der Waals surface area (Å²) in [6.07, 6.45) is 4.02. The lowest BCUT2D eigenvalue weighted by Gasteiger charge is -2.24. The number of anilines is 1. The van der Waals surface area contributed by atoms with Crippen molar-refractivity contribution in [2.75, 3.05) is 36.5 Å². The van der Waals surface area contributed by atoms with Gasteiger partial charge in [-0.2, -0.15) is 0 Å². The van der Waals surface area contributed by atoms with E-state index in [9.17, 15) is 13.2 Å². The van der Waals surface area contributed by atoms with Crippen molar-refractivity contribution in [2.24, 2.45) is 0 Å². The number of hydrogen-bond acceptors (Lipinski definition) is 6. The van der Waals surface area contributed by atoms with Crippen molar-refractivity contribution >= 4 is 21.7 Å². The highest BCUT2D eigenvalue weighted by Gasteiger charge is 2.33. The quantitative estimate of drug-likeness (QED) is 0.735. The van der Waals surface area contributed by atoms with Crippen LogP contribution in [-0.2, 0) is 9.84 Å². The van der Waals surface area contributed by atoms with E-state index in [4.69, 9.17) is 0 Å². The van der Waals surface area contributed by atoms with Crippen molar-refractivity contribution in [3.63, 3.8) is 0 Å². The molecule has 0 spiro atoms. The maximum atomic E-state index is 12.7. The van der Waals surface area contributed by atoms with E-state index in [2.05, 4.69) is 28.7 Å². The van der Waals surface area contributed by atoms with E-state index in [1.807, 2.05) is 0 Å². The third kappa shape index (κ3) is 4.43. The van der Waals surface area contributed by atoms with Gasteiger partial charge in [-0.05, 0) is 25.3 Å². The van der Waals surface area contributed by atoms with Crippen LogP contribution in [0.15, 0.2) is 12.3 Å². The fraction of sp³-hybridized carbons (Fsp3) is 0.688. The monoisotopic (exact) mass is 354 g/mol. The molecule has 8 heteroatoms. The summed E-state index contributed by atoms with van der Waals surface area (Å²) >= 11 is 0. The molecule has 0 N–H and O–H groups in total. The minimum Gasteiger partial charge on any atom is -0.341 e. The van der Waals surface area contributed by atoms with Crippen LogP contribution in [0.5, 0.6) is 0 Å². The SMILES string of the molecule is CCCN(CCC)c1nccc(C(=O)N(C)C2CCS(=O)(=O)C2)n1. The number of rotatable bonds is 7. The summed E-state index contributed by atoms with van der Waals surface area (Å²) in [7, 11) is -1.38. The zero-order chi connectivity index (χ0) is 17.7. The highest BCUT2D eigenvalue weighted by atomic mass is 32.2. The zero-order valence-corrected chi connectivity index (χ0v) is 15.4. The highest BCUT2D eigenvalue weighted by molar-refractivity contribution is 7.91. The van der Waals surface area contributed by atoms with Crippen LogP contribution in [0.25, 0.3) is 0 Å². The first kappa shape index (κ1) is 18.6. The molecule has 1 atom stereocenters. The van der Waals surface area contributed by atoms with E-state index in [-0.39, 0.29) is 23.5 Å². The van der Waals surface area contributed by atoms with E-state index < -0.39 is 9.84 Å². The molecule has 0 aromatic carbocycles. The van der Waals surface area contributed by atoms with Gasteiger partial charge in [-0.1, -0.05) is 13.8 Å². The fourth-order valence-corrected chi connectivity index (χ4v) is 4.67. The van der Waals surface area contributed by atoms with Gasteiger partial charge in [0.15, 0.2) is 9.84 Å². The average Bonchev–Trinajstić information content (AvgIpc) is 2.93. The lowest BCUT2D eigenvalue weighted by Crippen LogP contribution is -2.38. The molecule has 7 nitrogen and oxygen atoms in total. The molecule has 2 rings (SSSR count). The Bertz CT molecular complexity index is 672. The number of aromatic nitrogens is 2. The van der Waals surface area contributed by atoms with Crippen molar-refractivity contribution in [2.45, 2.75) is 39.2 Å². The van der Waals surface area contributed by atoms with Gasteiger partial charge in [-0.3, -0.25) is 4.79 Å². The first-order chi connectivity index (χ1) is 11.4. The Morgan fingerprint density at radius 3 is 2.50 bits per heavy atom. The molecule has 1 aliphatic heterocycles. The number of hydrogen-bond donors (Lipinski definition) is 0. The predicted molar refractivity (Wildman–Crippen MR) is 94.0 cm³/mol. The normalized spacial score (nSPS) is 19.2. The second kappa shape index (κ2) is 7.92. The molecule has 24 heavy (non-hydrogen) atoms. The number of carbonyl (C=O) groups is 1. The molecule has 134 valence electrons. The number of amides is 1. The lowest BCUT2D eigenvalue weighted by atomic mass is 10.2. The van der Waals surface area contributed by atoms with Gasteiger partial charge in [0.05, 0.1) is 11.5 Å². The van der Waals surface area contributed by atoms with E-state index in [1.54, 1.807) is 19.3 Å². The molecule has 1 aromatic rings. The predicted octanol–water partition coefficient (Wildman–Crippen LogP) is 1.36. The van der Waals surface area contributed by atoms with Crippen LogP contribution in [-0.4, -0.2) is 66.9 Å². The molecule has 0 radical (unpaired) electrons. The Labute approximate surface area is 144 Å². The first-order valence-corrected chi connectivity index (χ1v) is 10.3. The smallest absolute Gasteiger partial charge is 0.272 e. The molecule has 1 aliphatic rings. The van der Waals surface area contributed by atoms with E-state index >= 15 is 0 Å². The molecular weight excluding hydrogens is 328 g/mol. The summed E-state index contributed by atoms with van der Waals surface area (Å²) in [5, 5.41) is 0. The summed E-state index contributed by atoms with van der Waals surface area (Å²) in [6, 6.07) is 1.31. The molecular formula is C16H26N4O3S. The van der Waals surface area contributed by atoms with Crippen molar-refractivity contribution in [1.82, 2.24) is 14.9 Å². The van der Waals surface area contributed by atoms with Crippen LogP contribution in [0.4, 0.5) is 5.95 Å². The second-order valence-electron chi connectivity index (χ2n) is 6.20. The summed E-state index contributed by atoms with van der Waals surface area (Å²) in [5.41, 5.74) is 0.309. The average molecular weight is 354 g/mol. The first-order valence-electron chi connectivity index (χ1n) is 8.43. The molecule has 1 unspecified atom stereocenters. The van der Waals surface area contributed by atoms with Gasteiger partial charge < -0.3 is 9.80 Å². The second-order valence-corrected chi connectivity index (χ2v) is 8.43. The Balaban J connectivity index is 2.16. The molecule has 1 aromatic heterocycles. The lowest BCUT2D eigenvalue weighted by molar-refractivity contribution is 0.0741. The number of nitrogens with zero attached hydrogens (tertiary/aromatic N) is 4. The van der Waals surface area contributed by atoms with Gasteiger partial charge in [0, 0.05) is 32.4 Å². The van der Waals surface area contributed by atoms with E-state index in [0.717, 1.165) is 25.9 Å². The third-order valence-electron chi connectivity index (χ3n) is 4.21. The van der Waals surface area contributed by atoms with Gasteiger partial charge in [0.25, 0.3) is 5.91 Å². The van der Waals surface area contributed by atoms with E-state index in [1.165, 1.54) is 4.90 Å². The Morgan fingerprint density at radius 2 is 1.96 bits per heavy atom. The van der Waals surface area contributed by atoms with Crippen LogP contribution >= 0.6 is 0 Å². The summed E-state index contributed by atoms with van der Waals surface area (Å²) in [5.74, 6) is 0.474. The van der Waals surface area contributed by atoms with Crippen LogP contribution < -0.4 is 4.90 Å². The fourth-order valence-electron chi connectivity index (χ4n) is 2.90. The molecule has 0 saturated carbocycles. The molecule has 0 aliphatic carbocycles. The summed E-state index contributed by atoms with van der Waals surface area (Å²) in [4.78, 5) is 24.9. The van der Waals surface area contributed by atoms with Crippen LogP contribution in [0.3, 0.4) is 0 Å². The maximum absolute atomic E-state index is 12.7. The van der Waals surface area contributed by atoms with Gasteiger partial charge in [-0.15, -0.1) is 0 Å². The summed E-state index contributed by atoms with van der Waals surface area (Å²) < 4.78 is 23.2. The van der Waals surface area contributed by atoms with Crippen LogP contribution in [0, 0.1) is 0 Å². The standard InChI is InChI=1S/C16H26N4O3S/c1-4-9-20(10-5-2)16-17-8-6-14(18-16)15(21)19(3)13-7-11-24(22,23)12-13/h6,8,13H,4-5,7,9-12H2,1-3H3. The minimum absolute atomic E-state index is 0.0327. The molecule has 1 amide bonds. The number of carbonyl (C=O) groups excluding carboxylic acids is 1. The van der Waals surface area contributed by atoms with Crippen molar-refractivity contribution in [3.05, 3.63) is 18.0 Å². The van der Waals surface area contributed by atoms with Crippen LogP contribution in [0.2, 0.25) is 0 Å². The third-order valence-corrected chi connectivity index (χ3v) is 5.96. The number of sulfone groups is 1. The highest BCUT2D eigenvalue weighted by Crippen LogP contribution is 2.18. The topological polar surface area (TPSA) is 83.5 Å². The van der Waals surface area contributed by atoms with Crippen molar-refractivity contribution in [1.29, 1.82) is 0 Å². The largest absolute Gasteiger partial charge is 0.341 e. The minimum atomic E-state index is -3.03. The van der Waals surface area contributed by atoms with Crippen molar-refractivity contribution < 1.29 is 13.2 Å². The van der Waals surface area contributed by atoms with Gasteiger partial charge in [0.1, 0.15) is 5.69 Å². The van der Waals surface area contributed by atoms with Crippen molar-refractivity contribution in [3.8, 4) is 0 Å². The van der Waals surface area contributed by atoms with Gasteiger partial charge in [-0.25, -0.2) is 18.4 Å². The van der Waals surface area contributed by atoms with Gasteiger partial charge in [0.2, 0.25) is 5.95 Å². The zero-order valence-electron chi connectivity index (χ0n) is 14.6. The molecule has 1 saturated heterocycles.